The van der Waals surface area contributed by atoms with Crippen LogP contribution < -0.4 is 5.73 Å². The highest BCUT2D eigenvalue weighted by atomic mass is 16.5. The van der Waals surface area contributed by atoms with Crippen molar-refractivity contribution in [1.82, 2.24) is 4.90 Å². The number of hydrogen-bond donors (Lipinski definition) is 1. The van der Waals surface area contributed by atoms with Gasteiger partial charge in [-0.25, -0.2) is 0 Å². The van der Waals surface area contributed by atoms with Crippen molar-refractivity contribution in [1.29, 1.82) is 0 Å². The molecule has 0 radical (unpaired) electrons. The van der Waals surface area contributed by atoms with E-state index in [2.05, 4.69) is 11.8 Å². The summed E-state index contributed by atoms with van der Waals surface area (Å²) in [6, 6.07) is 0.517. The lowest BCUT2D eigenvalue weighted by Crippen LogP contribution is -2.45. The van der Waals surface area contributed by atoms with Gasteiger partial charge in [-0.05, 0) is 6.92 Å². The van der Waals surface area contributed by atoms with E-state index in [4.69, 9.17) is 10.5 Å². The standard InChI is InChI=1S/C7H16N2O/c1-7(6-8)9-2-4-10-5-3-9/h7H,2-6,8H2,1H3/t7-/m0/s1. The number of hydrogen-bond acceptors (Lipinski definition) is 3. The smallest absolute Gasteiger partial charge is 0.0594 e. The van der Waals surface area contributed by atoms with Crippen LogP contribution >= 0.6 is 0 Å². The molecule has 0 aromatic carbocycles. The molecule has 0 aliphatic carbocycles. The first-order valence-electron chi connectivity index (χ1n) is 3.86. The average Bonchev–Trinajstić information content (AvgIpc) is 2.05. The van der Waals surface area contributed by atoms with Gasteiger partial charge in [-0.1, -0.05) is 0 Å². The van der Waals surface area contributed by atoms with Gasteiger partial charge in [-0.2, -0.15) is 0 Å². The highest BCUT2D eigenvalue weighted by Crippen LogP contribution is 2.01. The van der Waals surface area contributed by atoms with Gasteiger partial charge in [0.05, 0.1) is 13.2 Å². The molecule has 10 heavy (non-hydrogen) atoms. The van der Waals surface area contributed by atoms with Crippen molar-refractivity contribution in [3.63, 3.8) is 0 Å². The largest absolute Gasteiger partial charge is 0.379 e. The van der Waals surface area contributed by atoms with Crippen LogP contribution in [-0.4, -0.2) is 43.8 Å². The summed E-state index contributed by atoms with van der Waals surface area (Å²) in [6.45, 7) is 6.72. The van der Waals surface area contributed by atoms with Crippen molar-refractivity contribution >= 4 is 0 Å². The molecule has 1 rings (SSSR count). The molecule has 0 bridgehead atoms. The molecule has 2 N–H and O–H groups in total. The molecule has 3 heteroatoms. The number of nitrogens with two attached hydrogens (primary N) is 1. The first kappa shape index (κ1) is 7.98. The van der Waals surface area contributed by atoms with E-state index in [9.17, 15) is 0 Å². The lowest BCUT2D eigenvalue weighted by molar-refractivity contribution is 0.0220. The lowest BCUT2D eigenvalue weighted by Gasteiger charge is -2.31. The lowest BCUT2D eigenvalue weighted by atomic mass is 10.2. The van der Waals surface area contributed by atoms with Gasteiger partial charge in [0.15, 0.2) is 0 Å². The van der Waals surface area contributed by atoms with E-state index >= 15 is 0 Å². The molecule has 1 atom stereocenters. The third-order valence-electron chi connectivity index (χ3n) is 2.01. The first-order chi connectivity index (χ1) is 4.84. The molecule has 1 fully saturated rings. The highest BCUT2D eigenvalue weighted by Gasteiger charge is 2.14. The van der Waals surface area contributed by atoms with E-state index in [1.54, 1.807) is 0 Å². The fourth-order valence-electron chi connectivity index (χ4n) is 1.17. The highest BCUT2D eigenvalue weighted by molar-refractivity contribution is 4.69. The average molecular weight is 144 g/mol. The third-order valence-corrected chi connectivity index (χ3v) is 2.01. The predicted molar refractivity (Wildman–Crippen MR) is 40.9 cm³/mol. The van der Waals surface area contributed by atoms with E-state index in [0.717, 1.165) is 32.8 Å². The molecule has 1 heterocycles. The monoisotopic (exact) mass is 144 g/mol. The summed E-state index contributed by atoms with van der Waals surface area (Å²) in [6.07, 6.45) is 0. The van der Waals surface area contributed by atoms with E-state index in [-0.39, 0.29) is 0 Å². The topological polar surface area (TPSA) is 38.5 Å². The normalized spacial score (nSPS) is 24.6. The van der Waals surface area contributed by atoms with Crippen LogP contribution in [0.1, 0.15) is 6.92 Å². The molecule has 0 unspecified atom stereocenters. The zero-order chi connectivity index (χ0) is 7.40. The molecule has 0 spiro atoms. The molecule has 60 valence electrons. The van der Waals surface area contributed by atoms with Gasteiger partial charge in [0.2, 0.25) is 0 Å². The van der Waals surface area contributed by atoms with Crippen molar-refractivity contribution < 1.29 is 4.74 Å². The van der Waals surface area contributed by atoms with Crippen molar-refractivity contribution in [3.05, 3.63) is 0 Å². The van der Waals surface area contributed by atoms with Crippen molar-refractivity contribution in [3.8, 4) is 0 Å². The van der Waals surface area contributed by atoms with Crippen molar-refractivity contribution in [2.75, 3.05) is 32.8 Å². The van der Waals surface area contributed by atoms with Crippen LogP contribution in [0.4, 0.5) is 0 Å². The molecule has 1 aliphatic heterocycles. The summed E-state index contributed by atoms with van der Waals surface area (Å²) in [5, 5.41) is 0. The van der Waals surface area contributed by atoms with Gasteiger partial charge < -0.3 is 10.5 Å². The quantitative estimate of drug-likeness (QED) is 0.576. The molecular formula is C7H16N2O. The minimum atomic E-state index is 0.517. The van der Waals surface area contributed by atoms with Gasteiger partial charge in [0, 0.05) is 25.7 Å². The molecular weight excluding hydrogens is 128 g/mol. The second-order valence-corrected chi connectivity index (χ2v) is 2.73. The number of nitrogens with zero attached hydrogens (tertiary/aromatic N) is 1. The Hall–Kier alpha value is -0.120. The number of morpholine rings is 1. The Kier molecular flexibility index (Phi) is 3.12. The Balaban J connectivity index is 2.24. The number of rotatable bonds is 2. The van der Waals surface area contributed by atoms with E-state index in [1.807, 2.05) is 0 Å². The zero-order valence-electron chi connectivity index (χ0n) is 6.55. The van der Waals surface area contributed by atoms with Crippen LogP contribution in [-0.2, 0) is 4.74 Å². The molecule has 1 saturated heterocycles. The van der Waals surface area contributed by atoms with E-state index < -0.39 is 0 Å². The second-order valence-electron chi connectivity index (χ2n) is 2.73. The summed E-state index contributed by atoms with van der Waals surface area (Å²) in [5.41, 5.74) is 5.52. The molecule has 3 nitrogen and oxygen atoms in total. The van der Waals surface area contributed by atoms with Gasteiger partial charge in [0.25, 0.3) is 0 Å². The van der Waals surface area contributed by atoms with Crippen LogP contribution in [0.15, 0.2) is 0 Å². The molecule has 0 amide bonds. The van der Waals surface area contributed by atoms with Crippen LogP contribution in [0.3, 0.4) is 0 Å². The maximum atomic E-state index is 5.52. The summed E-state index contributed by atoms with van der Waals surface area (Å²) < 4.78 is 5.21. The molecule has 0 aromatic rings. The Bertz CT molecular complexity index is 91.6. The van der Waals surface area contributed by atoms with Gasteiger partial charge in [-0.15, -0.1) is 0 Å². The minimum Gasteiger partial charge on any atom is -0.379 e. The molecule has 0 saturated carbocycles. The Morgan fingerprint density at radius 1 is 1.50 bits per heavy atom. The summed E-state index contributed by atoms with van der Waals surface area (Å²) >= 11 is 0. The SMILES string of the molecule is C[C@@H](CN)N1CCOCC1. The number of ether oxygens (including phenoxy) is 1. The zero-order valence-corrected chi connectivity index (χ0v) is 6.55. The Morgan fingerprint density at radius 3 is 2.60 bits per heavy atom. The van der Waals surface area contributed by atoms with Gasteiger partial charge >= 0.3 is 0 Å². The van der Waals surface area contributed by atoms with Crippen LogP contribution in [0.2, 0.25) is 0 Å². The molecule has 1 aliphatic rings. The van der Waals surface area contributed by atoms with Crippen LogP contribution in [0, 0.1) is 0 Å². The van der Waals surface area contributed by atoms with Crippen LogP contribution in [0.5, 0.6) is 0 Å². The van der Waals surface area contributed by atoms with Crippen molar-refractivity contribution in [2.45, 2.75) is 13.0 Å². The second kappa shape index (κ2) is 3.91. The minimum absolute atomic E-state index is 0.517. The predicted octanol–water partition coefficient (Wildman–Crippen LogP) is -0.334. The summed E-state index contributed by atoms with van der Waals surface area (Å²) in [5.74, 6) is 0. The first-order valence-corrected chi connectivity index (χ1v) is 3.86. The Labute approximate surface area is 62.1 Å². The van der Waals surface area contributed by atoms with Crippen molar-refractivity contribution in [2.24, 2.45) is 5.73 Å². The van der Waals surface area contributed by atoms with E-state index in [0.29, 0.717) is 6.04 Å². The fraction of sp³-hybridized carbons (Fsp3) is 1.00. The van der Waals surface area contributed by atoms with Crippen LogP contribution in [0.25, 0.3) is 0 Å². The molecule has 0 aromatic heterocycles. The maximum Gasteiger partial charge on any atom is 0.0594 e. The fourth-order valence-corrected chi connectivity index (χ4v) is 1.17. The summed E-state index contributed by atoms with van der Waals surface area (Å²) in [4.78, 5) is 2.36. The van der Waals surface area contributed by atoms with Gasteiger partial charge in [0.1, 0.15) is 0 Å². The third kappa shape index (κ3) is 1.94. The summed E-state index contributed by atoms with van der Waals surface area (Å²) in [7, 11) is 0. The van der Waals surface area contributed by atoms with E-state index in [1.165, 1.54) is 0 Å². The Morgan fingerprint density at radius 2 is 2.10 bits per heavy atom. The van der Waals surface area contributed by atoms with Gasteiger partial charge in [-0.3, -0.25) is 4.90 Å². The maximum absolute atomic E-state index is 5.52.